The van der Waals surface area contributed by atoms with Crippen molar-refractivity contribution < 1.29 is 86.0 Å². The van der Waals surface area contributed by atoms with Crippen LogP contribution in [0.3, 0.4) is 0 Å². The fraction of sp³-hybridized carbons (Fsp3) is 0.443. The van der Waals surface area contributed by atoms with Gasteiger partial charge in [-0.15, -0.1) is 6.58 Å². The van der Waals surface area contributed by atoms with Crippen LogP contribution in [0.15, 0.2) is 115 Å². The predicted octanol–water partition coefficient (Wildman–Crippen LogP) is 4.95. The van der Waals surface area contributed by atoms with E-state index in [1.54, 1.807) is 91.0 Å². The molecule has 3 rings (SSSR count). The molecule has 6 atom stereocenters. The van der Waals surface area contributed by atoms with Gasteiger partial charge in [-0.2, -0.15) is 0 Å². The summed E-state index contributed by atoms with van der Waals surface area (Å²) in [6.45, 7) is 11.4. The Balaban J connectivity index is 0.00000117. The van der Waals surface area contributed by atoms with E-state index in [2.05, 4.69) is 57.4 Å². The van der Waals surface area contributed by atoms with Crippen molar-refractivity contribution in [3.63, 3.8) is 0 Å². The summed E-state index contributed by atoms with van der Waals surface area (Å²) >= 11 is 0. The second-order valence-electron chi connectivity index (χ2n) is 18.7. The average molecular weight is 1190 g/mol. The Kier molecular flexibility index (Phi) is 39.6. The highest BCUT2D eigenvalue weighted by molar-refractivity contribution is 5.98. The first-order valence-electron chi connectivity index (χ1n) is 27.0. The Labute approximate surface area is 497 Å². The lowest BCUT2D eigenvalue weighted by atomic mass is 10.0. The Bertz CT molecular complexity index is 2520. The van der Waals surface area contributed by atoms with E-state index in [1.807, 2.05) is 26.0 Å². The summed E-state index contributed by atoms with van der Waals surface area (Å²) in [4.78, 5) is 139. The molecule has 24 nitrogen and oxygen atoms in total. The highest BCUT2D eigenvalue weighted by atomic mass is 16.5. The minimum atomic E-state index is -0.816. The number of methoxy groups -OCH3 is 6. The normalized spacial score (nSPS) is 12.0. The molecule has 0 fully saturated rings. The maximum atomic E-state index is 12.4. The molecule has 85 heavy (non-hydrogen) atoms. The third kappa shape index (κ3) is 33.5. The summed E-state index contributed by atoms with van der Waals surface area (Å²) in [5.41, 5.74) is 2.49. The van der Waals surface area contributed by atoms with Gasteiger partial charge >= 0.3 is 35.8 Å². The van der Waals surface area contributed by atoms with Crippen molar-refractivity contribution in [1.29, 1.82) is 0 Å². The zero-order valence-corrected chi connectivity index (χ0v) is 50.4. The standard InChI is InChI=1S/C24H28N2O6.C14H24N2O6.C13H15NO3.C10H17NO3/c1-31-23(29)19(25-21(27)17-11-5-3-6-12-17)15-9-10-16-20(24(30)32-2)26-22(28)18-13-7-4-8-14-18;1-9(17)15-11(13(19)21-3)7-5-6-8-12(14(20)22-4)16-10(2)18;1-3-7-11(13(16)17-2)14-12(15)10-8-5-4-6-9-10;1-7(2)5-6-9(10(13)14-4)11-8(3)12/h3-8,11-14,19-20H,9-10,15-16H2,1-2H3,(H,25,27)(H,26,28);11-12H,5-8H2,1-4H3,(H,15,17)(H,16,18);3-6,8-9,11H,1,7H2,2H3,(H,14,15);5,9H,6H2,1-4H3,(H,11,12)/t19-,20-;11-,12-;11-;9-/m0000/s1. The van der Waals surface area contributed by atoms with Crippen molar-refractivity contribution in [2.75, 3.05) is 42.7 Å². The number of amides is 6. The fourth-order valence-electron chi connectivity index (χ4n) is 7.42. The lowest BCUT2D eigenvalue weighted by molar-refractivity contribution is -0.145. The number of hydrogen-bond acceptors (Lipinski definition) is 18. The molecule has 24 heteroatoms. The van der Waals surface area contributed by atoms with E-state index >= 15 is 0 Å². The lowest BCUT2D eigenvalue weighted by Gasteiger charge is -2.18. The second-order valence-corrected chi connectivity index (χ2v) is 18.7. The van der Waals surface area contributed by atoms with Gasteiger partial charge in [-0.3, -0.25) is 28.8 Å². The van der Waals surface area contributed by atoms with E-state index in [9.17, 15) is 57.5 Å². The maximum Gasteiger partial charge on any atom is 0.328 e. The first kappa shape index (κ1) is 75.8. The highest BCUT2D eigenvalue weighted by Crippen LogP contribution is 2.13. The van der Waals surface area contributed by atoms with Crippen molar-refractivity contribution in [1.82, 2.24) is 31.9 Å². The molecule has 0 unspecified atom stereocenters. The molecule has 0 aromatic heterocycles. The van der Waals surface area contributed by atoms with Gasteiger partial charge in [0.15, 0.2) is 0 Å². The van der Waals surface area contributed by atoms with E-state index < -0.39 is 72.1 Å². The van der Waals surface area contributed by atoms with Gasteiger partial charge < -0.3 is 60.3 Å². The van der Waals surface area contributed by atoms with Gasteiger partial charge in [0, 0.05) is 37.5 Å². The van der Waals surface area contributed by atoms with Crippen molar-refractivity contribution in [2.45, 2.75) is 135 Å². The van der Waals surface area contributed by atoms with Gasteiger partial charge in [-0.25, -0.2) is 28.8 Å². The van der Waals surface area contributed by atoms with Crippen molar-refractivity contribution >= 4 is 71.3 Å². The molecule has 0 bridgehead atoms. The van der Waals surface area contributed by atoms with Gasteiger partial charge in [-0.05, 0) is 88.8 Å². The molecule has 3 aromatic carbocycles. The minimum absolute atomic E-state index is 0.234. The number of hydrogen-bond donors (Lipinski definition) is 6. The van der Waals surface area contributed by atoms with Crippen LogP contribution in [0.1, 0.15) is 130 Å². The number of ether oxygens (including phenoxy) is 6. The third-order valence-electron chi connectivity index (χ3n) is 11.7. The first-order chi connectivity index (χ1) is 40.4. The van der Waals surface area contributed by atoms with Crippen molar-refractivity contribution in [3.8, 4) is 0 Å². The van der Waals surface area contributed by atoms with Crippen LogP contribution in [0.4, 0.5) is 0 Å². The summed E-state index contributed by atoms with van der Waals surface area (Å²) in [6, 6.07) is 21.5. The first-order valence-corrected chi connectivity index (χ1v) is 27.0. The summed E-state index contributed by atoms with van der Waals surface area (Å²) in [5.74, 6) is -4.93. The van der Waals surface area contributed by atoms with Crippen LogP contribution in [-0.2, 0) is 71.6 Å². The maximum absolute atomic E-state index is 12.4. The molecule has 0 spiro atoms. The summed E-state index contributed by atoms with van der Waals surface area (Å²) in [5, 5.41) is 15.5. The molecule has 0 radical (unpaired) electrons. The number of rotatable bonds is 29. The third-order valence-corrected chi connectivity index (χ3v) is 11.7. The van der Waals surface area contributed by atoms with Crippen LogP contribution < -0.4 is 31.9 Å². The number of allylic oxidation sites excluding steroid dienone is 1. The van der Waals surface area contributed by atoms with E-state index in [-0.39, 0.29) is 35.4 Å². The highest BCUT2D eigenvalue weighted by Gasteiger charge is 2.26. The Morgan fingerprint density at radius 2 is 0.576 bits per heavy atom. The van der Waals surface area contributed by atoms with Crippen LogP contribution in [0, 0.1) is 0 Å². The molecule has 0 aliphatic heterocycles. The summed E-state index contributed by atoms with van der Waals surface area (Å²) in [6.07, 6.45) is 7.87. The van der Waals surface area contributed by atoms with Crippen LogP contribution in [0.2, 0.25) is 0 Å². The zero-order valence-electron chi connectivity index (χ0n) is 50.4. The van der Waals surface area contributed by atoms with Gasteiger partial charge in [0.2, 0.25) is 17.7 Å². The van der Waals surface area contributed by atoms with Gasteiger partial charge in [0.1, 0.15) is 36.3 Å². The predicted molar refractivity (Wildman–Crippen MR) is 314 cm³/mol. The SMILES string of the molecule is C=CC[C@H](NC(=O)c1ccccc1)C(=O)OC.COC(=O)[C@H](CC=C(C)C)NC(C)=O.COC(=O)[C@H](CCCC[C@H](NC(=O)c1ccccc1)C(=O)OC)NC(=O)c1ccccc1.COC(=O)[C@H](CCCC[C@H](NC(C)=O)C(=O)OC)NC(C)=O. The molecule has 0 aliphatic carbocycles. The number of unbranched alkanes of at least 4 members (excludes halogenated alkanes) is 2. The van der Waals surface area contributed by atoms with Crippen molar-refractivity contribution in [2.24, 2.45) is 0 Å². The van der Waals surface area contributed by atoms with Crippen molar-refractivity contribution in [3.05, 3.63) is 132 Å². The molecule has 6 N–H and O–H groups in total. The van der Waals surface area contributed by atoms with Gasteiger partial charge in [0.25, 0.3) is 17.7 Å². The van der Waals surface area contributed by atoms with Crippen LogP contribution in [-0.4, -0.2) is 150 Å². The lowest BCUT2D eigenvalue weighted by Crippen LogP contribution is -2.42. The Morgan fingerprint density at radius 1 is 0.353 bits per heavy atom. The Hall–Kier alpha value is -9.22. The Morgan fingerprint density at radius 3 is 0.812 bits per heavy atom. The molecular formula is C61H84N6O18. The topological polar surface area (TPSA) is 332 Å². The van der Waals surface area contributed by atoms with Crippen LogP contribution in [0.25, 0.3) is 0 Å². The molecule has 6 amide bonds. The number of esters is 6. The molecule has 0 aliphatic rings. The number of carbonyl (C=O) groups excluding carboxylic acids is 12. The number of carbonyl (C=O) groups is 12. The molecule has 3 aromatic rings. The zero-order chi connectivity index (χ0) is 64.3. The van der Waals surface area contributed by atoms with Gasteiger partial charge in [0.05, 0.1) is 42.7 Å². The quantitative estimate of drug-likeness (QED) is 0.0232. The molecule has 466 valence electrons. The fourth-order valence-corrected chi connectivity index (χ4v) is 7.42. The van der Waals surface area contributed by atoms with Gasteiger partial charge in [-0.1, -0.05) is 98.0 Å². The molecule has 0 heterocycles. The largest absolute Gasteiger partial charge is 0.467 e. The van der Waals surface area contributed by atoms with Crippen LogP contribution >= 0.6 is 0 Å². The van der Waals surface area contributed by atoms with E-state index in [0.717, 1.165) is 5.57 Å². The van der Waals surface area contributed by atoms with E-state index in [4.69, 9.17) is 9.47 Å². The van der Waals surface area contributed by atoms with E-state index in [1.165, 1.54) is 63.4 Å². The van der Waals surface area contributed by atoms with Crippen LogP contribution in [0.5, 0.6) is 0 Å². The smallest absolute Gasteiger partial charge is 0.328 e. The average Bonchev–Trinajstić information content (AvgIpc) is 3.62. The number of benzene rings is 3. The summed E-state index contributed by atoms with van der Waals surface area (Å²) < 4.78 is 28.0. The second kappa shape index (κ2) is 44.4. The van der Waals surface area contributed by atoms with E-state index in [0.29, 0.717) is 80.9 Å². The number of nitrogens with one attached hydrogen (secondary N) is 6. The minimum Gasteiger partial charge on any atom is -0.467 e. The molecule has 0 saturated carbocycles. The summed E-state index contributed by atoms with van der Waals surface area (Å²) in [7, 11) is 7.61. The monoisotopic (exact) mass is 1190 g/mol. The molecular weight excluding hydrogens is 1100 g/mol. The molecule has 0 saturated heterocycles.